The molecule has 0 unspecified atom stereocenters. The second kappa shape index (κ2) is 8.30. The van der Waals surface area contributed by atoms with E-state index in [1.54, 1.807) is 0 Å². The van der Waals surface area contributed by atoms with Gasteiger partial charge in [0.2, 0.25) is 11.8 Å². The van der Waals surface area contributed by atoms with Gasteiger partial charge < -0.3 is 15.5 Å². The SMILES string of the molecule is C[C@@H]1CCC[C@@H](NC(=O)CN2CCN(C(=O)CNC3CC3)CC2)C1. The molecule has 1 heterocycles. The molecule has 2 atom stereocenters. The summed E-state index contributed by atoms with van der Waals surface area (Å²) in [6, 6.07) is 0.930. The van der Waals surface area contributed by atoms with Gasteiger partial charge in [-0.15, -0.1) is 0 Å². The molecule has 3 aliphatic rings. The predicted octanol–water partition coefficient (Wildman–Crippen LogP) is 0.578. The monoisotopic (exact) mass is 336 g/mol. The van der Waals surface area contributed by atoms with Crippen LogP contribution in [0, 0.1) is 5.92 Å². The van der Waals surface area contributed by atoms with Crippen molar-refractivity contribution in [3.8, 4) is 0 Å². The van der Waals surface area contributed by atoms with Gasteiger partial charge in [-0.2, -0.15) is 0 Å². The van der Waals surface area contributed by atoms with Crippen molar-refractivity contribution in [2.45, 2.75) is 57.5 Å². The van der Waals surface area contributed by atoms with Gasteiger partial charge in [0, 0.05) is 38.3 Å². The van der Waals surface area contributed by atoms with Gasteiger partial charge in [-0.05, 0) is 31.6 Å². The molecular formula is C18H32N4O2. The summed E-state index contributed by atoms with van der Waals surface area (Å²) in [5.41, 5.74) is 0. The van der Waals surface area contributed by atoms with Crippen LogP contribution in [-0.2, 0) is 9.59 Å². The lowest BCUT2D eigenvalue weighted by Crippen LogP contribution is -2.53. The Bertz CT molecular complexity index is 444. The first-order valence-electron chi connectivity index (χ1n) is 9.63. The van der Waals surface area contributed by atoms with Crippen LogP contribution in [0.15, 0.2) is 0 Å². The van der Waals surface area contributed by atoms with Crippen molar-refractivity contribution in [3.63, 3.8) is 0 Å². The third-order valence-electron chi connectivity index (χ3n) is 5.51. The molecule has 2 amide bonds. The van der Waals surface area contributed by atoms with Crippen LogP contribution in [0.1, 0.15) is 45.4 Å². The minimum atomic E-state index is 0.143. The molecule has 0 bridgehead atoms. The first-order valence-corrected chi connectivity index (χ1v) is 9.63. The van der Waals surface area contributed by atoms with E-state index in [9.17, 15) is 9.59 Å². The van der Waals surface area contributed by atoms with Gasteiger partial charge >= 0.3 is 0 Å². The molecular weight excluding hydrogens is 304 g/mol. The highest BCUT2D eigenvalue weighted by Crippen LogP contribution is 2.23. The largest absolute Gasteiger partial charge is 0.352 e. The van der Waals surface area contributed by atoms with Crippen molar-refractivity contribution in [1.29, 1.82) is 0 Å². The maximum atomic E-state index is 12.2. The fraction of sp³-hybridized carbons (Fsp3) is 0.889. The van der Waals surface area contributed by atoms with Crippen LogP contribution < -0.4 is 10.6 Å². The second-order valence-corrected chi connectivity index (χ2v) is 7.85. The van der Waals surface area contributed by atoms with E-state index in [1.807, 2.05) is 4.90 Å². The highest BCUT2D eigenvalue weighted by molar-refractivity contribution is 5.79. The van der Waals surface area contributed by atoms with E-state index in [1.165, 1.54) is 25.7 Å². The maximum Gasteiger partial charge on any atom is 0.236 e. The van der Waals surface area contributed by atoms with Crippen LogP contribution in [0.3, 0.4) is 0 Å². The number of nitrogens with one attached hydrogen (secondary N) is 2. The van der Waals surface area contributed by atoms with Crippen LogP contribution in [0.25, 0.3) is 0 Å². The van der Waals surface area contributed by atoms with Crippen molar-refractivity contribution in [3.05, 3.63) is 0 Å². The average Bonchev–Trinajstić information content (AvgIpc) is 3.37. The summed E-state index contributed by atoms with van der Waals surface area (Å²) in [7, 11) is 0. The average molecular weight is 336 g/mol. The quantitative estimate of drug-likeness (QED) is 0.745. The summed E-state index contributed by atoms with van der Waals surface area (Å²) in [6.45, 7) is 6.26. The molecule has 2 saturated carbocycles. The number of rotatable bonds is 6. The van der Waals surface area contributed by atoms with Crippen molar-refractivity contribution in [1.82, 2.24) is 20.4 Å². The Hall–Kier alpha value is -1.14. The molecule has 2 aliphatic carbocycles. The Labute approximate surface area is 145 Å². The van der Waals surface area contributed by atoms with Gasteiger partial charge in [-0.3, -0.25) is 14.5 Å². The number of hydrogen-bond donors (Lipinski definition) is 2. The first-order chi connectivity index (χ1) is 11.6. The summed E-state index contributed by atoms with van der Waals surface area (Å²) in [5.74, 6) is 1.06. The topological polar surface area (TPSA) is 64.7 Å². The number of amides is 2. The van der Waals surface area contributed by atoms with Gasteiger partial charge in [-0.25, -0.2) is 0 Å². The van der Waals surface area contributed by atoms with Gasteiger partial charge in [0.25, 0.3) is 0 Å². The van der Waals surface area contributed by atoms with E-state index in [-0.39, 0.29) is 11.8 Å². The molecule has 3 rings (SSSR count). The molecule has 1 saturated heterocycles. The fourth-order valence-electron chi connectivity index (χ4n) is 3.83. The standard InChI is InChI=1S/C18H32N4O2/c1-14-3-2-4-16(11-14)20-17(23)13-21-7-9-22(10-8-21)18(24)12-19-15-5-6-15/h14-16,19H,2-13H2,1H3,(H,20,23)/t14-,16-/m1/s1. The van der Waals surface area contributed by atoms with E-state index < -0.39 is 0 Å². The van der Waals surface area contributed by atoms with E-state index >= 15 is 0 Å². The minimum absolute atomic E-state index is 0.143. The zero-order valence-corrected chi connectivity index (χ0v) is 14.9. The van der Waals surface area contributed by atoms with Gasteiger partial charge in [0.15, 0.2) is 0 Å². The van der Waals surface area contributed by atoms with Crippen molar-refractivity contribution in [2.24, 2.45) is 5.92 Å². The molecule has 6 nitrogen and oxygen atoms in total. The molecule has 0 aromatic rings. The van der Waals surface area contributed by atoms with Crippen LogP contribution >= 0.6 is 0 Å². The van der Waals surface area contributed by atoms with Crippen LogP contribution in [0.2, 0.25) is 0 Å². The Morgan fingerprint density at radius 1 is 1.00 bits per heavy atom. The summed E-state index contributed by atoms with van der Waals surface area (Å²) in [5, 5.41) is 6.48. The van der Waals surface area contributed by atoms with E-state index in [0.29, 0.717) is 25.2 Å². The third kappa shape index (κ3) is 5.45. The molecule has 6 heteroatoms. The van der Waals surface area contributed by atoms with Gasteiger partial charge in [0.1, 0.15) is 0 Å². The van der Waals surface area contributed by atoms with Crippen molar-refractivity contribution >= 4 is 11.8 Å². The molecule has 0 aromatic carbocycles. The normalized spacial score (nSPS) is 28.6. The summed E-state index contributed by atoms with van der Waals surface area (Å²) in [4.78, 5) is 28.5. The van der Waals surface area contributed by atoms with E-state index in [2.05, 4.69) is 22.5 Å². The third-order valence-corrected chi connectivity index (χ3v) is 5.51. The zero-order chi connectivity index (χ0) is 16.9. The molecule has 24 heavy (non-hydrogen) atoms. The molecule has 0 aromatic heterocycles. The highest BCUT2D eigenvalue weighted by Gasteiger charge is 2.26. The van der Waals surface area contributed by atoms with Crippen LogP contribution in [0.5, 0.6) is 0 Å². The minimum Gasteiger partial charge on any atom is -0.352 e. The Kier molecular flexibility index (Phi) is 6.11. The van der Waals surface area contributed by atoms with Gasteiger partial charge in [-0.1, -0.05) is 19.8 Å². The van der Waals surface area contributed by atoms with Crippen molar-refractivity contribution in [2.75, 3.05) is 39.3 Å². The Balaban J connectivity index is 1.32. The van der Waals surface area contributed by atoms with Crippen LogP contribution in [0.4, 0.5) is 0 Å². The van der Waals surface area contributed by atoms with Gasteiger partial charge in [0.05, 0.1) is 13.1 Å². The van der Waals surface area contributed by atoms with Crippen molar-refractivity contribution < 1.29 is 9.59 Å². The lowest BCUT2D eigenvalue weighted by molar-refractivity contribution is -0.132. The fourth-order valence-corrected chi connectivity index (χ4v) is 3.83. The lowest BCUT2D eigenvalue weighted by Gasteiger charge is -2.35. The maximum absolute atomic E-state index is 12.2. The smallest absolute Gasteiger partial charge is 0.236 e. The highest BCUT2D eigenvalue weighted by atomic mass is 16.2. The Morgan fingerprint density at radius 2 is 1.75 bits per heavy atom. The number of hydrogen-bond acceptors (Lipinski definition) is 4. The van der Waals surface area contributed by atoms with Crippen LogP contribution in [-0.4, -0.2) is 73.0 Å². The molecule has 0 radical (unpaired) electrons. The number of piperazine rings is 1. The zero-order valence-electron chi connectivity index (χ0n) is 14.9. The number of nitrogens with zero attached hydrogens (tertiary/aromatic N) is 2. The molecule has 3 fully saturated rings. The predicted molar refractivity (Wildman–Crippen MR) is 93.6 cm³/mol. The Morgan fingerprint density at radius 3 is 2.42 bits per heavy atom. The summed E-state index contributed by atoms with van der Waals surface area (Å²) >= 11 is 0. The molecule has 136 valence electrons. The second-order valence-electron chi connectivity index (χ2n) is 7.85. The number of carbonyl (C=O) groups is 2. The molecule has 2 N–H and O–H groups in total. The first kappa shape index (κ1) is 17.7. The molecule has 0 spiro atoms. The summed E-state index contributed by atoms with van der Waals surface area (Å²) in [6.07, 6.45) is 7.15. The lowest BCUT2D eigenvalue weighted by atomic mass is 9.87. The molecule has 1 aliphatic heterocycles. The number of carbonyl (C=O) groups excluding carboxylic acids is 2. The summed E-state index contributed by atoms with van der Waals surface area (Å²) < 4.78 is 0. The van der Waals surface area contributed by atoms with E-state index in [4.69, 9.17) is 0 Å². The van der Waals surface area contributed by atoms with E-state index in [0.717, 1.165) is 44.9 Å².